The monoisotopic (exact) mass is 1140 g/mol. The van der Waals surface area contributed by atoms with Gasteiger partial charge in [0.15, 0.2) is 11.9 Å². The highest BCUT2D eigenvalue weighted by atomic mass is 16.4. The topological polar surface area (TPSA) is 533 Å². The van der Waals surface area contributed by atoms with Crippen molar-refractivity contribution in [2.75, 3.05) is 13.1 Å². The van der Waals surface area contributed by atoms with E-state index in [2.05, 4.69) is 52.8 Å². The molecule has 81 heavy (non-hydrogen) atoms. The predicted molar refractivity (Wildman–Crippen MR) is 295 cm³/mol. The molecule has 0 fully saturated rings. The van der Waals surface area contributed by atoms with Crippen LogP contribution in [0.25, 0.3) is 10.9 Å². The number of hydrogen-bond acceptors (Lipinski definition) is 15. The summed E-state index contributed by atoms with van der Waals surface area (Å²) in [6, 6.07) is 0.342. The van der Waals surface area contributed by atoms with E-state index in [-0.39, 0.29) is 69.7 Å². The van der Waals surface area contributed by atoms with E-state index in [9.17, 15) is 63.3 Å². The number of carbonyl (C=O) groups is 10. The minimum Gasteiger partial charge on any atom is -0.508 e. The highest BCUT2D eigenvalue weighted by Gasteiger charge is 2.36. The Bertz CT molecular complexity index is 2700. The van der Waals surface area contributed by atoms with Crippen LogP contribution in [-0.4, -0.2) is 159 Å². The number of phenolic OH excluding ortho intramolecular Hbond substituents is 1. The predicted octanol–water partition coefficient (Wildman–Crippen LogP) is -4.44. The molecule has 0 saturated carbocycles. The third kappa shape index (κ3) is 23.4. The number of aliphatic carboxylic acids is 1. The number of carbonyl (C=O) groups excluding carboxylic acids is 9. The first-order valence-corrected chi connectivity index (χ1v) is 26.0. The van der Waals surface area contributed by atoms with Crippen molar-refractivity contribution in [3.05, 3.63) is 65.9 Å². The molecule has 0 unspecified atom stereocenters. The van der Waals surface area contributed by atoms with Crippen molar-refractivity contribution in [3.8, 4) is 5.75 Å². The highest BCUT2D eigenvalue weighted by molar-refractivity contribution is 5.98. The number of nitrogens with two attached hydrogens (primary N) is 5. The van der Waals surface area contributed by atoms with Gasteiger partial charge in [-0.25, -0.2) is 4.79 Å². The Morgan fingerprint density at radius 2 is 1.06 bits per heavy atom. The molecule has 1 aromatic heterocycles. The third-order valence-corrected chi connectivity index (χ3v) is 12.4. The number of fused-ring (bicyclic) bond motifs is 1. The van der Waals surface area contributed by atoms with E-state index in [1.165, 1.54) is 24.3 Å². The Hall–Kier alpha value is -9.06. The van der Waals surface area contributed by atoms with Gasteiger partial charge in [0.25, 0.3) is 0 Å². The van der Waals surface area contributed by atoms with Gasteiger partial charge in [0.2, 0.25) is 53.2 Å². The van der Waals surface area contributed by atoms with E-state index in [1.54, 1.807) is 44.3 Å². The number of carboxylic acid groups (broad SMARTS) is 1. The first kappa shape index (κ1) is 66.2. The molecule has 0 saturated heterocycles. The molecular formula is C51H77N17O13. The van der Waals surface area contributed by atoms with Crippen LogP contribution in [0.5, 0.6) is 5.75 Å². The lowest BCUT2D eigenvalue weighted by Gasteiger charge is -2.29. The quantitative estimate of drug-likeness (QED) is 0.0150. The summed E-state index contributed by atoms with van der Waals surface area (Å²) in [4.78, 5) is 137. The van der Waals surface area contributed by atoms with Crippen LogP contribution in [0.15, 0.2) is 54.7 Å². The van der Waals surface area contributed by atoms with Gasteiger partial charge >= 0.3 is 5.97 Å². The minimum atomic E-state index is -1.82. The Morgan fingerprint density at radius 3 is 1.57 bits per heavy atom. The second-order valence-electron chi connectivity index (χ2n) is 19.7. The fraction of sp³-hybridized carbons (Fsp3) is 0.490. The average molecular weight is 1140 g/mol. The van der Waals surface area contributed by atoms with Crippen molar-refractivity contribution in [1.29, 1.82) is 10.8 Å². The number of aromatic nitrogens is 1. The van der Waals surface area contributed by atoms with Crippen LogP contribution in [0, 0.1) is 16.7 Å². The number of carboxylic acids is 1. The number of H-pyrrole nitrogens is 1. The smallest absolute Gasteiger partial charge is 0.326 e. The Balaban J connectivity index is 1.93. The Morgan fingerprint density at radius 1 is 0.580 bits per heavy atom. The van der Waals surface area contributed by atoms with Crippen LogP contribution in [0.2, 0.25) is 0 Å². The molecule has 30 nitrogen and oxygen atoms in total. The number of phenols is 1. The number of benzene rings is 2. The number of hydrogen-bond donors (Lipinski definition) is 20. The number of rotatable bonds is 35. The van der Waals surface area contributed by atoms with E-state index < -0.39 is 145 Å². The van der Waals surface area contributed by atoms with Gasteiger partial charge in [0.05, 0.1) is 18.6 Å². The molecule has 0 radical (unpaired) electrons. The maximum atomic E-state index is 14.3. The number of guanidine groups is 2. The van der Waals surface area contributed by atoms with Gasteiger partial charge in [-0.05, 0) is 80.7 Å². The lowest BCUT2D eigenvalue weighted by atomic mass is 9.99. The van der Waals surface area contributed by atoms with Crippen molar-refractivity contribution in [2.24, 2.45) is 34.6 Å². The van der Waals surface area contributed by atoms with Crippen molar-refractivity contribution in [1.82, 2.24) is 52.8 Å². The number of aromatic hydroxyl groups is 1. The fourth-order valence-corrected chi connectivity index (χ4v) is 8.25. The minimum absolute atomic E-state index is 0.00802. The zero-order chi connectivity index (χ0) is 60.5. The molecule has 444 valence electrons. The Kier molecular flexibility index (Phi) is 26.8. The molecule has 0 aliphatic carbocycles. The summed E-state index contributed by atoms with van der Waals surface area (Å²) in [5.74, 6) is -11.3. The molecule has 2 aromatic carbocycles. The summed E-state index contributed by atoms with van der Waals surface area (Å²) in [5.41, 5.74) is 29.2. The van der Waals surface area contributed by atoms with Crippen molar-refractivity contribution in [2.45, 2.75) is 139 Å². The van der Waals surface area contributed by atoms with E-state index in [4.69, 9.17) is 39.5 Å². The molecule has 0 aliphatic rings. The number of aliphatic hydroxyl groups is 1. The third-order valence-electron chi connectivity index (χ3n) is 12.4. The normalized spacial score (nSPS) is 14.4. The van der Waals surface area contributed by atoms with Gasteiger partial charge in [-0.15, -0.1) is 0 Å². The first-order valence-electron chi connectivity index (χ1n) is 26.0. The van der Waals surface area contributed by atoms with Crippen LogP contribution in [0.1, 0.15) is 83.3 Å². The molecule has 1 heterocycles. The van der Waals surface area contributed by atoms with Crippen molar-refractivity contribution in [3.63, 3.8) is 0 Å². The van der Waals surface area contributed by atoms with Gasteiger partial charge in [0, 0.05) is 49.5 Å². The number of primary amides is 2. The van der Waals surface area contributed by atoms with Gasteiger partial charge in [-0.2, -0.15) is 0 Å². The van der Waals surface area contributed by atoms with Crippen LogP contribution in [-0.2, 0) is 60.8 Å². The van der Waals surface area contributed by atoms with Gasteiger partial charge in [-0.1, -0.05) is 44.2 Å². The zero-order valence-electron chi connectivity index (χ0n) is 45.3. The van der Waals surface area contributed by atoms with Crippen LogP contribution in [0.3, 0.4) is 0 Å². The first-order chi connectivity index (χ1) is 38.1. The summed E-state index contributed by atoms with van der Waals surface area (Å²) in [6.45, 7) is 4.66. The lowest BCUT2D eigenvalue weighted by Crippen LogP contribution is -2.62. The molecule has 25 N–H and O–H groups in total. The molecule has 9 atom stereocenters. The molecule has 0 bridgehead atoms. The molecule has 3 aromatic rings. The van der Waals surface area contributed by atoms with Crippen molar-refractivity contribution < 1.29 is 63.3 Å². The van der Waals surface area contributed by atoms with Crippen molar-refractivity contribution >= 4 is 82.0 Å². The van der Waals surface area contributed by atoms with E-state index >= 15 is 0 Å². The maximum Gasteiger partial charge on any atom is 0.326 e. The van der Waals surface area contributed by atoms with Crippen LogP contribution < -0.4 is 76.5 Å². The largest absolute Gasteiger partial charge is 0.508 e. The summed E-state index contributed by atoms with van der Waals surface area (Å²) >= 11 is 0. The molecule has 9 amide bonds. The molecule has 3 rings (SSSR count). The van der Waals surface area contributed by atoms with Crippen LogP contribution in [0.4, 0.5) is 0 Å². The number of amides is 9. The average Bonchev–Trinajstić information content (AvgIpc) is 3.80. The summed E-state index contributed by atoms with van der Waals surface area (Å²) in [5, 5.41) is 68.9. The van der Waals surface area contributed by atoms with Gasteiger partial charge in [0.1, 0.15) is 48.0 Å². The molecule has 30 heteroatoms. The SMILES string of the molecule is CC(C)C[C@H](NC(=O)[C@H](Cc1c[nH]c2ccccc12)NC(=O)[C@@H](N)CC(N)=O)C(=O)N[C@H](C(=O)N[C@@H](CCCNC(=N)N)C(=O)N[C@@H](CCC(N)=O)C(=O)N[C@@H](CCCNC(=N)N)C(=O)N[C@@H](Cc1ccc(O)cc1)C(=O)O)[C@@H](C)O. The molecule has 0 aliphatic heterocycles. The number of para-hydroxylation sites is 1. The second-order valence-corrected chi connectivity index (χ2v) is 19.7. The van der Waals surface area contributed by atoms with E-state index in [0.717, 1.165) is 17.8 Å². The highest BCUT2D eigenvalue weighted by Crippen LogP contribution is 2.20. The molecule has 0 spiro atoms. The van der Waals surface area contributed by atoms with E-state index in [0.29, 0.717) is 11.1 Å². The van der Waals surface area contributed by atoms with Gasteiger partial charge < -0.3 is 96.8 Å². The fourth-order valence-electron chi connectivity index (χ4n) is 8.25. The zero-order valence-corrected chi connectivity index (χ0v) is 45.3. The van der Waals surface area contributed by atoms with E-state index in [1.807, 2.05) is 0 Å². The summed E-state index contributed by atoms with van der Waals surface area (Å²) in [6.07, 6.45) is -2.23. The standard InChI is InChI=1S/C51H77N17O13/c1-25(2)20-36(66-46(77)37(65-42(73)31(52)23-40(54)72)22-28-24-61-32-9-5-4-8-30(28)32)47(78)68-41(26(3)69)48(79)64-34(11-7-19-60-51(57)58)43(74)63-35(16-17-39(53)71)45(76)62-33(10-6-18-59-50(55)56)44(75)67-38(49(80)81)21-27-12-14-29(70)15-13-27/h4-5,8-9,12-15,24-26,31,33-38,41,61,69-70H,6-7,10-11,16-23,52H2,1-3H3,(H2,53,71)(H2,54,72)(H,62,76)(H,63,74)(H,64,79)(H,65,73)(H,66,77)(H,67,75)(H,68,78)(H,80,81)(H4,55,56,59)(H4,57,58,60)/t26-,31+,33+,34+,35+,36+,37+,38+,41+/m1/s1. The number of nitrogens with one attached hydrogen (secondary N) is 12. The number of aliphatic hydroxyl groups excluding tert-OH is 1. The molecular weight excluding hydrogens is 1060 g/mol. The number of aromatic amines is 1. The maximum absolute atomic E-state index is 14.3. The second kappa shape index (κ2) is 32.7. The van der Waals surface area contributed by atoms with Crippen LogP contribution >= 0.6 is 0 Å². The summed E-state index contributed by atoms with van der Waals surface area (Å²) in [7, 11) is 0. The summed E-state index contributed by atoms with van der Waals surface area (Å²) < 4.78 is 0. The van der Waals surface area contributed by atoms with Gasteiger partial charge in [-0.3, -0.25) is 54.0 Å². The Labute approximate surface area is 466 Å². The lowest BCUT2D eigenvalue weighted by molar-refractivity contribution is -0.142.